The Balaban J connectivity index is 1.69. The lowest BCUT2D eigenvalue weighted by atomic mass is 9.90. The third-order valence-corrected chi connectivity index (χ3v) is 9.62. The molecular weight excluding hydrogens is 511 g/mol. The van der Waals surface area contributed by atoms with Crippen molar-refractivity contribution in [2.75, 3.05) is 19.6 Å². The van der Waals surface area contributed by atoms with Crippen LogP contribution in [0.3, 0.4) is 0 Å². The number of benzene rings is 2. The van der Waals surface area contributed by atoms with Gasteiger partial charge in [-0.25, -0.2) is 8.42 Å². The van der Waals surface area contributed by atoms with Crippen LogP contribution in [0.2, 0.25) is 10.0 Å². The van der Waals surface area contributed by atoms with E-state index in [-0.39, 0.29) is 40.0 Å². The second kappa shape index (κ2) is 10.4. The van der Waals surface area contributed by atoms with Crippen molar-refractivity contribution in [3.63, 3.8) is 0 Å². The quantitative estimate of drug-likeness (QED) is 0.375. The van der Waals surface area contributed by atoms with Gasteiger partial charge in [0.25, 0.3) is 0 Å². The van der Waals surface area contributed by atoms with E-state index in [4.69, 9.17) is 23.2 Å². The molecule has 0 N–H and O–H groups in total. The van der Waals surface area contributed by atoms with Gasteiger partial charge in [-0.05, 0) is 66.1 Å². The summed E-state index contributed by atoms with van der Waals surface area (Å²) in [7, 11) is -4.02. The molecule has 0 saturated heterocycles. The van der Waals surface area contributed by atoms with Crippen molar-refractivity contribution >= 4 is 50.5 Å². The average molecular weight is 538 g/mol. The molecule has 1 aliphatic rings. The van der Waals surface area contributed by atoms with Crippen LogP contribution >= 0.6 is 34.5 Å². The van der Waals surface area contributed by atoms with Crippen LogP contribution in [-0.4, -0.2) is 43.2 Å². The van der Waals surface area contributed by atoms with Crippen LogP contribution in [0.4, 0.5) is 0 Å². The summed E-state index contributed by atoms with van der Waals surface area (Å²) in [6, 6.07) is 14.2. The number of amides is 1. The van der Waals surface area contributed by atoms with E-state index in [9.17, 15) is 13.2 Å². The zero-order chi connectivity index (χ0) is 24.5. The standard InChI is InChI=1S/C25H26Cl2N2O3S2/c1-3-12-28(34(31,32)23-15-18(26)8-9-21(23)27)16-24(30)29-13-10-22-20(11-14-33-22)25(29)19-7-5-4-6-17(19)2/h4-9,11,14-15,25H,3,10,12-13,16H2,1-2H3. The highest BCUT2D eigenvalue weighted by Crippen LogP contribution is 2.39. The summed E-state index contributed by atoms with van der Waals surface area (Å²) in [6.07, 6.45) is 1.31. The fourth-order valence-electron chi connectivity index (χ4n) is 4.40. The minimum atomic E-state index is -4.02. The zero-order valence-electron chi connectivity index (χ0n) is 19.0. The van der Waals surface area contributed by atoms with Gasteiger partial charge in [-0.15, -0.1) is 11.3 Å². The van der Waals surface area contributed by atoms with E-state index >= 15 is 0 Å². The predicted molar refractivity (Wildman–Crippen MR) is 138 cm³/mol. The summed E-state index contributed by atoms with van der Waals surface area (Å²) in [5.74, 6) is -0.236. The van der Waals surface area contributed by atoms with Gasteiger partial charge < -0.3 is 4.90 Å². The molecule has 3 aromatic rings. The van der Waals surface area contributed by atoms with Crippen LogP contribution in [0.15, 0.2) is 58.8 Å². The van der Waals surface area contributed by atoms with E-state index in [1.807, 2.05) is 43.0 Å². The Morgan fingerprint density at radius 2 is 1.91 bits per heavy atom. The maximum atomic E-state index is 13.7. The van der Waals surface area contributed by atoms with E-state index in [2.05, 4.69) is 11.4 Å². The lowest BCUT2D eigenvalue weighted by Crippen LogP contribution is -2.47. The van der Waals surface area contributed by atoms with Gasteiger partial charge in [-0.2, -0.15) is 4.31 Å². The number of hydrogen-bond donors (Lipinski definition) is 0. The topological polar surface area (TPSA) is 57.7 Å². The van der Waals surface area contributed by atoms with Crippen molar-refractivity contribution < 1.29 is 13.2 Å². The van der Waals surface area contributed by atoms with Crippen molar-refractivity contribution in [2.45, 2.75) is 37.6 Å². The van der Waals surface area contributed by atoms with Crippen molar-refractivity contribution in [1.29, 1.82) is 0 Å². The van der Waals surface area contributed by atoms with Gasteiger partial charge in [0, 0.05) is 23.0 Å². The van der Waals surface area contributed by atoms with Gasteiger partial charge in [0.15, 0.2) is 0 Å². The Bertz CT molecular complexity index is 1310. The number of carbonyl (C=O) groups is 1. The number of carbonyl (C=O) groups excluding carboxylic acids is 1. The van der Waals surface area contributed by atoms with E-state index in [1.165, 1.54) is 27.4 Å². The van der Waals surface area contributed by atoms with Crippen molar-refractivity contribution in [3.8, 4) is 0 Å². The molecule has 0 fully saturated rings. The molecule has 34 heavy (non-hydrogen) atoms. The molecule has 4 rings (SSSR count). The number of hydrogen-bond acceptors (Lipinski definition) is 4. The second-order valence-corrected chi connectivity index (χ2v) is 12.1. The highest BCUT2D eigenvalue weighted by atomic mass is 35.5. The number of nitrogens with zero attached hydrogens (tertiary/aromatic N) is 2. The lowest BCUT2D eigenvalue weighted by Gasteiger charge is -2.38. The molecule has 1 aliphatic heterocycles. The minimum absolute atomic E-state index is 0.0802. The Morgan fingerprint density at radius 3 is 2.65 bits per heavy atom. The molecular formula is C25H26Cl2N2O3S2. The molecule has 0 saturated carbocycles. The molecule has 1 aromatic heterocycles. The third-order valence-electron chi connectivity index (χ3n) is 6.06. The van der Waals surface area contributed by atoms with Crippen LogP contribution < -0.4 is 0 Å². The van der Waals surface area contributed by atoms with Gasteiger partial charge >= 0.3 is 0 Å². The maximum absolute atomic E-state index is 13.7. The molecule has 1 atom stereocenters. The molecule has 0 radical (unpaired) electrons. The van der Waals surface area contributed by atoms with Crippen molar-refractivity contribution in [1.82, 2.24) is 9.21 Å². The SMILES string of the molecule is CCCN(CC(=O)N1CCc2sccc2C1c1ccccc1C)S(=O)(=O)c1cc(Cl)ccc1Cl. The first-order chi connectivity index (χ1) is 16.2. The summed E-state index contributed by atoms with van der Waals surface area (Å²) in [6.45, 7) is 4.38. The van der Waals surface area contributed by atoms with Crippen LogP contribution in [-0.2, 0) is 21.2 Å². The Kier molecular flexibility index (Phi) is 7.69. The first-order valence-electron chi connectivity index (χ1n) is 11.1. The molecule has 9 heteroatoms. The molecule has 1 amide bonds. The second-order valence-electron chi connectivity index (χ2n) is 8.31. The highest BCUT2D eigenvalue weighted by Gasteiger charge is 2.36. The van der Waals surface area contributed by atoms with Gasteiger partial charge in [-0.1, -0.05) is 54.4 Å². The van der Waals surface area contributed by atoms with E-state index in [1.54, 1.807) is 11.3 Å². The summed E-state index contributed by atoms with van der Waals surface area (Å²) in [4.78, 5) is 16.7. The summed E-state index contributed by atoms with van der Waals surface area (Å²) in [5.41, 5.74) is 3.26. The van der Waals surface area contributed by atoms with Crippen LogP contribution in [0, 0.1) is 6.92 Å². The Labute approximate surface area is 215 Å². The van der Waals surface area contributed by atoms with Crippen LogP contribution in [0.1, 0.15) is 41.0 Å². The van der Waals surface area contributed by atoms with E-state index in [0.29, 0.717) is 13.0 Å². The molecule has 0 spiro atoms. The molecule has 2 heterocycles. The van der Waals surface area contributed by atoms with Gasteiger partial charge in [-0.3, -0.25) is 4.79 Å². The molecule has 180 valence electrons. The first-order valence-corrected chi connectivity index (χ1v) is 14.2. The summed E-state index contributed by atoms with van der Waals surface area (Å²) >= 11 is 14.0. The normalized spacial score (nSPS) is 16.0. The van der Waals surface area contributed by atoms with Gasteiger partial charge in [0.1, 0.15) is 4.90 Å². The number of halogens is 2. The molecule has 5 nitrogen and oxygen atoms in total. The summed E-state index contributed by atoms with van der Waals surface area (Å²) < 4.78 is 28.2. The zero-order valence-corrected chi connectivity index (χ0v) is 22.1. The predicted octanol–water partition coefficient (Wildman–Crippen LogP) is 5.94. The number of aryl methyl sites for hydroxylation is 1. The van der Waals surface area contributed by atoms with E-state index in [0.717, 1.165) is 23.1 Å². The molecule has 0 bridgehead atoms. The van der Waals surface area contributed by atoms with Crippen molar-refractivity contribution in [2.24, 2.45) is 0 Å². The fourth-order valence-corrected chi connectivity index (χ4v) is 7.53. The largest absolute Gasteiger partial charge is 0.330 e. The average Bonchev–Trinajstić information content (AvgIpc) is 3.29. The molecule has 1 unspecified atom stereocenters. The molecule has 0 aliphatic carbocycles. The first kappa shape index (κ1) is 25.2. The number of sulfonamides is 1. The fraction of sp³-hybridized carbons (Fsp3) is 0.320. The minimum Gasteiger partial charge on any atom is -0.330 e. The summed E-state index contributed by atoms with van der Waals surface area (Å²) in [5, 5.41) is 2.40. The van der Waals surface area contributed by atoms with E-state index < -0.39 is 10.0 Å². The molecule has 2 aromatic carbocycles. The number of thiophene rings is 1. The highest BCUT2D eigenvalue weighted by molar-refractivity contribution is 7.89. The van der Waals surface area contributed by atoms with Crippen molar-refractivity contribution in [3.05, 3.63) is 85.5 Å². The Hall–Kier alpha value is -1.90. The third kappa shape index (κ3) is 4.90. The Morgan fingerprint density at radius 1 is 1.15 bits per heavy atom. The van der Waals surface area contributed by atoms with Gasteiger partial charge in [0.2, 0.25) is 15.9 Å². The number of fused-ring (bicyclic) bond motifs is 1. The van der Waals surface area contributed by atoms with Crippen LogP contribution in [0.5, 0.6) is 0 Å². The lowest BCUT2D eigenvalue weighted by molar-refractivity contribution is -0.133. The van der Waals surface area contributed by atoms with Gasteiger partial charge in [0.05, 0.1) is 17.6 Å². The number of rotatable bonds is 7. The monoisotopic (exact) mass is 536 g/mol. The smallest absolute Gasteiger partial charge is 0.245 e. The maximum Gasteiger partial charge on any atom is 0.245 e. The van der Waals surface area contributed by atoms with Crippen LogP contribution in [0.25, 0.3) is 0 Å².